The number of nitrogens with one attached hydrogen (secondary N) is 1. The Labute approximate surface area is 126 Å². The Hall–Kier alpha value is -0.690. The number of carbonyl (C=O) groups excluding carboxylic acids is 1. The number of amides is 1. The summed E-state index contributed by atoms with van der Waals surface area (Å²) in [5.74, 6) is 9.06. The Morgan fingerprint density at radius 1 is 1.19 bits per heavy atom. The number of carbonyl (C=O) groups is 1. The molecular formula is C15H28N3O3+. The number of rotatable bonds is 5. The fraction of sp³-hybridized carbons (Fsp3) is 0.933. The molecular weight excluding hydrogens is 270 g/mol. The third-order valence-electron chi connectivity index (χ3n) is 5.49. The third-order valence-corrected chi connectivity index (χ3v) is 5.49. The molecule has 0 aliphatic heterocycles. The lowest BCUT2D eigenvalue weighted by atomic mass is 9.55. The molecule has 0 aromatic rings. The van der Waals surface area contributed by atoms with E-state index in [2.05, 4.69) is 5.32 Å². The second-order valence-corrected chi connectivity index (χ2v) is 7.37. The van der Waals surface area contributed by atoms with E-state index in [1.165, 1.54) is 32.1 Å². The summed E-state index contributed by atoms with van der Waals surface area (Å²) >= 11 is 0. The Bertz CT molecular complexity index is 372. The molecule has 4 fully saturated rings. The van der Waals surface area contributed by atoms with Gasteiger partial charge < -0.3 is 9.47 Å². The van der Waals surface area contributed by atoms with Crippen LogP contribution in [0, 0.1) is 23.7 Å². The van der Waals surface area contributed by atoms with Gasteiger partial charge in [0.1, 0.15) is 0 Å². The molecule has 0 radical (unpaired) electrons. The highest BCUT2D eigenvalue weighted by molar-refractivity contribution is 5.58. The maximum Gasteiger partial charge on any atom is 0.538 e. The van der Waals surface area contributed by atoms with Crippen molar-refractivity contribution in [1.82, 2.24) is 5.32 Å². The molecule has 21 heavy (non-hydrogen) atoms. The van der Waals surface area contributed by atoms with Gasteiger partial charge in [-0.15, -0.1) is 4.59 Å². The molecule has 0 aromatic carbocycles. The minimum absolute atomic E-state index is 0.0284. The van der Waals surface area contributed by atoms with Gasteiger partial charge in [0, 0.05) is 0 Å². The van der Waals surface area contributed by atoms with Gasteiger partial charge >= 0.3 is 6.09 Å². The Morgan fingerprint density at radius 2 is 1.76 bits per heavy atom. The summed E-state index contributed by atoms with van der Waals surface area (Å²) in [4.78, 5) is 11.9. The van der Waals surface area contributed by atoms with Crippen molar-refractivity contribution in [1.29, 1.82) is 0 Å². The SMILES string of the molecule is CNC[N+](C)(N)C(=O)OCOC1C2CC3CC(C2)CC1C3. The van der Waals surface area contributed by atoms with E-state index in [1.807, 2.05) is 0 Å². The summed E-state index contributed by atoms with van der Waals surface area (Å²) in [5.41, 5.74) is 0. The summed E-state index contributed by atoms with van der Waals surface area (Å²) < 4.78 is 10.8. The van der Waals surface area contributed by atoms with Gasteiger partial charge in [0.2, 0.25) is 0 Å². The van der Waals surface area contributed by atoms with Crippen LogP contribution >= 0.6 is 0 Å². The zero-order chi connectivity index (χ0) is 15.0. The molecule has 0 aromatic heterocycles. The molecule has 4 aliphatic carbocycles. The van der Waals surface area contributed by atoms with Gasteiger partial charge in [-0.1, -0.05) is 0 Å². The Morgan fingerprint density at radius 3 is 2.29 bits per heavy atom. The first-order valence-corrected chi connectivity index (χ1v) is 8.07. The van der Waals surface area contributed by atoms with Crippen LogP contribution in [0.25, 0.3) is 0 Å². The predicted octanol–water partition coefficient (Wildman–Crippen LogP) is 1.42. The first-order chi connectivity index (χ1) is 9.99. The Kier molecular flexibility index (Phi) is 4.23. The lowest BCUT2D eigenvalue weighted by Gasteiger charge is -2.53. The molecule has 3 N–H and O–H groups in total. The van der Waals surface area contributed by atoms with Crippen molar-refractivity contribution >= 4 is 6.09 Å². The minimum atomic E-state index is -0.465. The van der Waals surface area contributed by atoms with Crippen LogP contribution in [0.5, 0.6) is 0 Å². The maximum absolute atomic E-state index is 11.9. The van der Waals surface area contributed by atoms with Crippen molar-refractivity contribution in [2.24, 2.45) is 29.5 Å². The van der Waals surface area contributed by atoms with Gasteiger partial charge in [-0.25, -0.2) is 0 Å². The quantitative estimate of drug-likeness (QED) is 0.264. The van der Waals surface area contributed by atoms with E-state index in [9.17, 15) is 4.79 Å². The van der Waals surface area contributed by atoms with E-state index in [0.29, 0.717) is 18.5 Å². The first-order valence-electron chi connectivity index (χ1n) is 8.07. The number of hydrogen-bond donors (Lipinski definition) is 2. The molecule has 4 saturated carbocycles. The highest BCUT2D eigenvalue weighted by atomic mass is 16.7. The fourth-order valence-corrected chi connectivity index (χ4v) is 4.85. The molecule has 6 heteroatoms. The molecule has 0 spiro atoms. The third kappa shape index (κ3) is 3.08. The highest BCUT2D eigenvalue weighted by Gasteiger charge is 2.49. The van der Waals surface area contributed by atoms with Crippen molar-refractivity contribution in [2.75, 3.05) is 27.6 Å². The van der Waals surface area contributed by atoms with Crippen molar-refractivity contribution in [3.8, 4) is 0 Å². The van der Waals surface area contributed by atoms with E-state index < -0.39 is 6.09 Å². The van der Waals surface area contributed by atoms with Gasteiger partial charge in [0.15, 0.2) is 13.5 Å². The highest BCUT2D eigenvalue weighted by Crippen LogP contribution is 2.54. The molecule has 1 unspecified atom stereocenters. The smallest absolute Gasteiger partial charge is 0.391 e. The molecule has 1 atom stereocenters. The normalized spacial score (nSPS) is 40.0. The van der Waals surface area contributed by atoms with Crippen LogP contribution in [0.4, 0.5) is 4.79 Å². The van der Waals surface area contributed by atoms with Gasteiger partial charge in [0.05, 0.1) is 13.2 Å². The second-order valence-electron chi connectivity index (χ2n) is 7.37. The summed E-state index contributed by atoms with van der Waals surface area (Å²) in [6, 6.07) is 0. The topological polar surface area (TPSA) is 73.6 Å². The van der Waals surface area contributed by atoms with Gasteiger partial charge in [-0.2, -0.15) is 10.6 Å². The van der Waals surface area contributed by atoms with Crippen LogP contribution in [-0.4, -0.2) is 44.3 Å². The first kappa shape index (κ1) is 15.2. The molecule has 0 heterocycles. The number of ether oxygens (including phenoxy) is 2. The maximum atomic E-state index is 11.9. The van der Waals surface area contributed by atoms with Crippen LogP contribution in [0.15, 0.2) is 0 Å². The summed E-state index contributed by atoms with van der Waals surface area (Å²) in [6.07, 6.45) is 6.46. The molecule has 1 amide bonds. The van der Waals surface area contributed by atoms with E-state index in [0.717, 1.165) is 11.8 Å². The molecule has 120 valence electrons. The van der Waals surface area contributed by atoms with Crippen LogP contribution < -0.4 is 11.2 Å². The zero-order valence-electron chi connectivity index (χ0n) is 13.1. The average Bonchev–Trinajstić information content (AvgIpc) is 2.40. The number of quaternary nitrogens is 1. The number of nitrogens with two attached hydrogens (primary N) is 1. The molecule has 4 bridgehead atoms. The van der Waals surface area contributed by atoms with Crippen molar-refractivity contribution in [3.05, 3.63) is 0 Å². The van der Waals surface area contributed by atoms with Crippen molar-refractivity contribution in [3.63, 3.8) is 0 Å². The second kappa shape index (κ2) is 5.83. The fourth-order valence-electron chi connectivity index (χ4n) is 4.85. The summed E-state index contributed by atoms with van der Waals surface area (Å²) in [7, 11) is 3.36. The zero-order valence-corrected chi connectivity index (χ0v) is 13.1. The monoisotopic (exact) mass is 298 g/mol. The molecule has 4 rings (SSSR count). The van der Waals surface area contributed by atoms with Crippen LogP contribution in [0.2, 0.25) is 0 Å². The van der Waals surface area contributed by atoms with Gasteiger partial charge in [0.25, 0.3) is 0 Å². The van der Waals surface area contributed by atoms with Crippen LogP contribution in [-0.2, 0) is 9.47 Å². The van der Waals surface area contributed by atoms with Crippen LogP contribution in [0.1, 0.15) is 32.1 Å². The van der Waals surface area contributed by atoms with E-state index >= 15 is 0 Å². The average molecular weight is 298 g/mol. The summed E-state index contributed by atoms with van der Waals surface area (Å²) in [5, 5.41) is 2.88. The van der Waals surface area contributed by atoms with Gasteiger partial charge in [-0.3, -0.25) is 5.32 Å². The van der Waals surface area contributed by atoms with E-state index in [4.69, 9.17) is 15.3 Å². The minimum Gasteiger partial charge on any atom is -0.391 e. The molecule has 4 aliphatic rings. The Balaban J connectivity index is 1.47. The van der Waals surface area contributed by atoms with Crippen molar-refractivity contribution < 1.29 is 18.9 Å². The van der Waals surface area contributed by atoms with E-state index in [-0.39, 0.29) is 17.5 Å². The lowest BCUT2D eigenvalue weighted by Crippen LogP contribution is -2.59. The standard InChI is InChI=1S/C15H28N3O3/c1-17-8-18(2,16)15(19)21-9-20-14-12-4-10-3-11(6-12)7-13(14)5-10/h10-14,17H,3-9,16H2,1-2H3/q+1. The predicted molar refractivity (Wildman–Crippen MR) is 77.6 cm³/mol. The van der Waals surface area contributed by atoms with Gasteiger partial charge in [-0.05, 0) is 62.8 Å². The van der Waals surface area contributed by atoms with Crippen LogP contribution in [0.3, 0.4) is 0 Å². The molecule has 0 saturated heterocycles. The molecule has 6 nitrogen and oxygen atoms in total. The lowest BCUT2D eigenvalue weighted by molar-refractivity contribution is -0.852. The number of nitrogens with zero attached hydrogens (tertiary/aromatic N) is 1. The largest absolute Gasteiger partial charge is 0.538 e. The summed E-state index contributed by atoms with van der Waals surface area (Å²) in [6.45, 7) is 0.359. The number of hydrogen-bond acceptors (Lipinski definition) is 5. The van der Waals surface area contributed by atoms with E-state index in [1.54, 1.807) is 14.1 Å². The van der Waals surface area contributed by atoms with Crippen molar-refractivity contribution in [2.45, 2.75) is 38.2 Å².